The summed E-state index contributed by atoms with van der Waals surface area (Å²) >= 11 is 3.47. The van der Waals surface area contributed by atoms with Gasteiger partial charge in [0.05, 0.1) is 0 Å². The van der Waals surface area contributed by atoms with Crippen molar-refractivity contribution in [3.63, 3.8) is 0 Å². The highest BCUT2D eigenvalue weighted by Gasteiger charge is 2.34. The second-order valence-electron chi connectivity index (χ2n) is 6.80. The molecule has 1 aliphatic heterocycles. The van der Waals surface area contributed by atoms with E-state index in [-0.39, 0.29) is 5.54 Å². The molecule has 1 heterocycles. The zero-order chi connectivity index (χ0) is 15.5. The van der Waals surface area contributed by atoms with Gasteiger partial charge in [-0.3, -0.25) is 4.90 Å². The van der Waals surface area contributed by atoms with E-state index < -0.39 is 0 Å². The zero-order valence-corrected chi connectivity index (χ0v) is 15.1. The molecule has 3 nitrogen and oxygen atoms in total. The fraction of sp³-hybridized carbons (Fsp3) is 0.647. The average Bonchev–Trinajstić information content (AvgIpc) is 2.40. The Kier molecular flexibility index (Phi) is 5.69. The molecule has 1 aromatic carbocycles. The van der Waals surface area contributed by atoms with Gasteiger partial charge in [0.1, 0.15) is 12.4 Å². The van der Waals surface area contributed by atoms with Gasteiger partial charge in [-0.15, -0.1) is 0 Å². The topological polar surface area (TPSA) is 24.5 Å². The highest BCUT2D eigenvalue weighted by atomic mass is 79.9. The number of hydrogen-bond acceptors (Lipinski definition) is 3. The molecule has 1 aromatic rings. The van der Waals surface area contributed by atoms with E-state index in [1.807, 2.05) is 24.3 Å². The second kappa shape index (κ2) is 7.12. The summed E-state index contributed by atoms with van der Waals surface area (Å²) in [6.45, 7) is 13.0. The minimum Gasteiger partial charge on any atom is -0.492 e. The molecule has 21 heavy (non-hydrogen) atoms. The molecular formula is C17H27BrN2O. The van der Waals surface area contributed by atoms with Gasteiger partial charge in [-0.1, -0.05) is 35.8 Å². The van der Waals surface area contributed by atoms with Gasteiger partial charge in [0, 0.05) is 35.7 Å². The number of benzene rings is 1. The first-order chi connectivity index (χ1) is 9.88. The van der Waals surface area contributed by atoms with Gasteiger partial charge in [-0.2, -0.15) is 0 Å². The average molecular weight is 355 g/mol. The molecule has 0 amide bonds. The van der Waals surface area contributed by atoms with Crippen LogP contribution in [0.4, 0.5) is 0 Å². The summed E-state index contributed by atoms with van der Waals surface area (Å²) in [5.41, 5.74) is 0.187. The molecule has 1 atom stereocenters. The van der Waals surface area contributed by atoms with Crippen LogP contribution >= 0.6 is 15.9 Å². The molecule has 1 fully saturated rings. The summed E-state index contributed by atoms with van der Waals surface area (Å²) < 4.78 is 6.94. The molecule has 2 rings (SSSR count). The van der Waals surface area contributed by atoms with Crippen molar-refractivity contribution in [1.29, 1.82) is 0 Å². The maximum Gasteiger partial charge on any atom is 0.120 e. The lowest BCUT2D eigenvalue weighted by atomic mass is 9.93. The van der Waals surface area contributed by atoms with E-state index in [1.165, 1.54) is 0 Å². The van der Waals surface area contributed by atoms with E-state index in [0.29, 0.717) is 12.0 Å². The van der Waals surface area contributed by atoms with Crippen molar-refractivity contribution in [2.75, 3.05) is 26.2 Å². The smallest absolute Gasteiger partial charge is 0.120 e. The largest absolute Gasteiger partial charge is 0.492 e. The number of halogens is 1. The van der Waals surface area contributed by atoms with Crippen molar-refractivity contribution in [2.24, 2.45) is 5.92 Å². The third-order valence-corrected chi connectivity index (χ3v) is 4.79. The van der Waals surface area contributed by atoms with Crippen LogP contribution in [0.1, 0.15) is 27.7 Å². The zero-order valence-electron chi connectivity index (χ0n) is 13.5. The van der Waals surface area contributed by atoms with E-state index in [9.17, 15) is 0 Å². The van der Waals surface area contributed by atoms with E-state index in [1.54, 1.807) is 0 Å². The van der Waals surface area contributed by atoms with Crippen LogP contribution in [0.25, 0.3) is 0 Å². The van der Waals surface area contributed by atoms with Gasteiger partial charge < -0.3 is 10.1 Å². The van der Waals surface area contributed by atoms with Crippen LogP contribution < -0.4 is 10.1 Å². The second-order valence-corrected chi connectivity index (χ2v) is 7.71. The molecular weight excluding hydrogens is 328 g/mol. The lowest BCUT2D eigenvalue weighted by molar-refractivity contribution is 0.0429. The monoisotopic (exact) mass is 354 g/mol. The van der Waals surface area contributed by atoms with E-state index >= 15 is 0 Å². The summed E-state index contributed by atoms with van der Waals surface area (Å²) in [4.78, 5) is 2.55. The van der Waals surface area contributed by atoms with Gasteiger partial charge in [0.2, 0.25) is 0 Å². The fourth-order valence-electron chi connectivity index (χ4n) is 2.71. The Morgan fingerprint density at radius 2 is 2.19 bits per heavy atom. The summed E-state index contributed by atoms with van der Waals surface area (Å²) in [6.07, 6.45) is 0. The van der Waals surface area contributed by atoms with Crippen LogP contribution in [0.2, 0.25) is 0 Å². The number of rotatable bonds is 5. The van der Waals surface area contributed by atoms with E-state index in [4.69, 9.17) is 4.74 Å². The molecule has 0 bridgehead atoms. The molecule has 0 radical (unpaired) electrons. The third kappa shape index (κ3) is 4.70. The quantitative estimate of drug-likeness (QED) is 0.875. The first-order valence-corrected chi connectivity index (χ1v) is 8.54. The van der Waals surface area contributed by atoms with Gasteiger partial charge in [-0.25, -0.2) is 0 Å². The van der Waals surface area contributed by atoms with Crippen molar-refractivity contribution in [3.8, 4) is 5.75 Å². The first-order valence-electron chi connectivity index (χ1n) is 7.75. The van der Waals surface area contributed by atoms with E-state index in [2.05, 4.69) is 53.8 Å². The van der Waals surface area contributed by atoms with Crippen LogP contribution in [-0.2, 0) is 0 Å². The van der Waals surface area contributed by atoms with Crippen molar-refractivity contribution in [2.45, 2.75) is 39.3 Å². The number of piperazine rings is 1. The highest BCUT2D eigenvalue weighted by Crippen LogP contribution is 2.22. The van der Waals surface area contributed by atoms with Crippen LogP contribution in [0.5, 0.6) is 5.75 Å². The van der Waals surface area contributed by atoms with Crippen LogP contribution in [0, 0.1) is 5.92 Å². The number of hydrogen-bond donors (Lipinski definition) is 1. The van der Waals surface area contributed by atoms with Crippen LogP contribution in [-0.4, -0.2) is 42.7 Å². The molecule has 0 saturated carbocycles. The summed E-state index contributed by atoms with van der Waals surface area (Å²) in [5.74, 6) is 1.59. The lowest BCUT2D eigenvalue weighted by Gasteiger charge is -2.47. The lowest BCUT2D eigenvalue weighted by Crippen LogP contribution is -2.63. The molecule has 1 saturated heterocycles. The van der Waals surface area contributed by atoms with Crippen molar-refractivity contribution < 1.29 is 4.74 Å². The molecule has 118 valence electrons. The number of nitrogens with one attached hydrogen (secondary N) is 1. The Morgan fingerprint density at radius 3 is 2.86 bits per heavy atom. The third-order valence-electron chi connectivity index (χ3n) is 4.30. The predicted octanol–water partition coefficient (Wildman–Crippen LogP) is 3.54. The minimum atomic E-state index is 0.187. The number of ether oxygens (including phenoxy) is 1. The molecule has 1 unspecified atom stereocenters. The molecule has 0 spiro atoms. The Morgan fingerprint density at radius 1 is 1.43 bits per heavy atom. The maximum absolute atomic E-state index is 5.89. The van der Waals surface area contributed by atoms with Crippen LogP contribution in [0.3, 0.4) is 0 Å². The Hall–Kier alpha value is -0.580. The number of nitrogens with zero attached hydrogens (tertiary/aromatic N) is 1. The standard InChI is InChI=1S/C17H27BrN2O/c1-13(2)16-11-20(17(3,4)12-19-16)8-9-21-15-7-5-6-14(18)10-15/h5-7,10,13,16,19H,8-9,11-12H2,1-4H3. The molecule has 0 aliphatic carbocycles. The van der Waals surface area contributed by atoms with Gasteiger partial charge >= 0.3 is 0 Å². The summed E-state index contributed by atoms with van der Waals surface area (Å²) in [5, 5.41) is 3.67. The van der Waals surface area contributed by atoms with Gasteiger partial charge in [-0.05, 0) is 38.0 Å². The van der Waals surface area contributed by atoms with Gasteiger partial charge in [0.25, 0.3) is 0 Å². The van der Waals surface area contributed by atoms with Crippen molar-refractivity contribution in [3.05, 3.63) is 28.7 Å². The minimum absolute atomic E-state index is 0.187. The Bertz CT molecular complexity index is 462. The molecule has 4 heteroatoms. The molecule has 1 aliphatic rings. The molecule has 0 aromatic heterocycles. The molecule has 1 N–H and O–H groups in total. The van der Waals surface area contributed by atoms with Crippen molar-refractivity contribution >= 4 is 15.9 Å². The summed E-state index contributed by atoms with van der Waals surface area (Å²) in [6, 6.07) is 8.61. The SMILES string of the molecule is CC(C)C1CN(CCOc2cccc(Br)c2)C(C)(C)CN1. The Balaban J connectivity index is 1.88. The van der Waals surface area contributed by atoms with Crippen molar-refractivity contribution in [1.82, 2.24) is 10.2 Å². The predicted molar refractivity (Wildman–Crippen MR) is 91.9 cm³/mol. The van der Waals surface area contributed by atoms with E-state index in [0.717, 1.165) is 36.5 Å². The first kappa shape index (κ1) is 16.8. The maximum atomic E-state index is 5.89. The normalized spacial score (nSPS) is 22.5. The van der Waals surface area contributed by atoms with Crippen LogP contribution in [0.15, 0.2) is 28.7 Å². The summed E-state index contributed by atoms with van der Waals surface area (Å²) in [7, 11) is 0. The fourth-order valence-corrected chi connectivity index (χ4v) is 3.09. The highest BCUT2D eigenvalue weighted by molar-refractivity contribution is 9.10. The van der Waals surface area contributed by atoms with Gasteiger partial charge in [0.15, 0.2) is 0 Å². The Labute approximate surface area is 137 Å².